The minimum atomic E-state index is 0.197. The zero-order valence-corrected chi connectivity index (χ0v) is 9.92. The van der Waals surface area contributed by atoms with Crippen molar-refractivity contribution in [1.82, 2.24) is 4.98 Å². The number of nitrogens with two attached hydrogens (primary N) is 1. The molecule has 0 radical (unpaired) electrons. The Kier molecular flexibility index (Phi) is 3.03. The van der Waals surface area contributed by atoms with E-state index < -0.39 is 0 Å². The Morgan fingerprint density at radius 1 is 1.40 bits per heavy atom. The summed E-state index contributed by atoms with van der Waals surface area (Å²) >= 11 is 1.76. The van der Waals surface area contributed by atoms with E-state index in [9.17, 15) is 0 Å². The van der Waals surface area contributed by atoms with Gasteiger partial charge in [0.1, 0.15) is 0 Å². The summed E-state index contributed by atoms with van der Waals surface area (Å²) in [5.41, 5.74) is 7.21. The number of aromatic nitrogens is 1. The van der Waals surface area contributed by atoms with Gasteiger partial charge in [-0.05, 0) is 23.4 Å². The van der Waals surface area contributed by atoms with E-state index in [0.717, 1.165) is 12.1 Å². The van der Waals surface area contributed by atoms with Crippen molar-refractivity contribution in [3.05, 3.63) is 29.4 Å². The van der Waals surface area contributed by atoms with E-state index in [2.05, 4.69) is 36.3 Å². The van der Waals surface area contributed by atoms with Crippen LogP contribution in [-0.4, -0.2) is 11.0 Å². The number of pyridine rings is 1. The van der Waals surface area contributed by atoms with Gasteiger partial charge in [-0.1, -0.05) is 13.8 Å². The Morgan fingerprint density at radius 3 is 2.93 bits per heavy atom. The van der Waals surface area contributed by atoms with Gasteiger partial charge in [0.15, 0.2) is 0 Å². The van der Waals surface area contributed by atoms with Gasteiger partial charge in [0, 0.05) is 28.7 Å². The van der Waals surface area contributed by atoms with Gasteiger partial charge >= 0.3 is 0 Å². The summed E-state index contributed by atoms with van der Waals surface area (Å²) in [6.45, 7) is 4.30. The van der Waals surface area contributed by atoms with E-state index >= 15 is 0 Å². The number of fused-ring (bicyclic) bond motifs is 1. The third kappa shape index (κ3) is 2.19. The Labute approximate surface area is 94.1 Å². The van der Waals surface area contributed by atoms with Crippen LogP contribution in [-0.2, 0) is 6.42 Å². The molecule has 2 aromatic rings. The van der Waals surface area contributed by atoms with E-state index in [0.29, 0.717) is 5.92 Å². The highest BCUT2D eigenvalue weighted by atomic mass is 32.1. The molecule has 2 aromatic heterocycles. The van der Waals surface area contributed by atoms with Gasteiger partial charge in [0.25, 0.3) is 0 Å². The molecule has 0 aliphatic heterocycles. The maximum Gasteiger partial charge on any atom is 0.0505 e. The molecule has 0 saturated carbocycles. The molecule has 80 valence electrons. The molecule has 2 heterocycles. The highest BCUT2D eigenvalue weighted by molar-refractivity contribution is 7.17. The summed E-state index contributed by atoms with van der Waals surface area (Å²) in [5, 5.41) is 3.37. The lowest BCUT2D eigenvalue weighted by Gasteiger charge is -2.15. The molecule has 0 aromatic carbocycles. The van der Waals surface area contributed by atoms with Gasteiger partial charge in [0.05, 0.1) is 5.69 Å². The fourth-order valence-corrected chi connectivity index (χ4v) is 2.38. The van der Waals surface area contributed by atoms with Crippen LogP contribution in [0.5, 0.6) is 0 Å². The SMILES string of the molecule is CC(C)C(N)Cc1nccc2sccc12. The van der Waals surface area contributed by atoms with Crippen molar-refractivity contribution >= 4 is 21.4 Å². The van der Waals surface area contributed by atoms with Crippen molar-refractivity contribution < 1.29 is 0 Å². The molecule has 0 amide bonds. The minimum Gasteiger partial charge on any atom is -0.327 e. The molecule has 2 rings (SSSR count). The quantitative estimate of drug-likeness (QED) is 0.864. The molecule has 2 N–H and O–H groups in total. The highest BCUT2D eigenvalue weighted by Crippen LogP contribution is 2.23. The normalized spacial score (nSPS) is 13.6. The van der Waals surface area contributed by atoms with E-state index in [1.54, 1.807) is 11.3 Å². The first kappa shape index (κ1) is 10.6. The second kappa shape index (κ2) is 4.29. The van der Waals surface area contributed by atoms with Crippen molar-refractivity contribution in [2.75, 3.05) is 0 Å². The molecule has 3 heteroatoms. The fraction of sp³-hybridized carbons (Fsp3) is 0.417. The molecule has 1 atom stereocenters. The number of hydrogen-bond donors (Lipinski definition) is 1. The first-order valence-electron chi connectivity index (χ1n) is 5.25. The molecule has 0 saturated heterocycles. The Balaban J connectivity index is 2.31. The molecular weight excluding hydrogens is 204 g/mol. The third-order valence-corrected chi connectivity index (χ3v) is 3.63. The summed E-state index contributed by atoms with van der Waals surface area (Å²) in [6, 6.07) is 4.39. The second-order valence-corrected chi connectivity index (χ2v) is 5.15. The van der Waals surface area contributed by atoms with Crippen LogP contribution >= 0.6 is 11.3 Å². The van der Waals surface area contributed by atoms with Crippen molar-refractivity contribution in [2.24, 2.45) is 11.7 Å². The van der Waals surface area contributed by atoms with Crippen LogP contribution < -0.4 is 5.73 Å². The summed E-state index contributed by atoms with van der Waals surface area (Å²) in [7, 11) is 0. The van der Waals surface area contributed by atoms with Crippen LogP contribution in [0, 0.1) is 5.92 Å². The van der Waals surface area contributed by atoms with Crippen LogP contribution in [0.15, 0.2) is 23.7 Å². The largest absolute Gasteiger partial charge is 0.327 e. The fourth-order valence-electron chi connectivity index (χ4n) is 1.57. The Morgan fingerprint density at radius 2 is 2.20 bits per heavy atom. The zero-order valence-electron chi connectivity index (χ0n) is 9.10. The lowest BCUT2D eigenvalue weighted by Crippen LogP contribution is -2.29. The molecule has 0 aliphatic rings. The molecule has 2 nitrogen and oxygen atoms in total. The molecule has 0 aliphatic carbocycles. The number of nitrogens with zero attached hydrogens (tertiary/aromatic N) is 1. The van der Waals surface area contributed by atoms with E-state index in [1.807, 2.05) is 6.20 Å². The maximum atomic E-state index is 6.07. The first-order chi connectivity index (χ1) is 7.18. The predicted octanol–water partition coefficient (Wildman–Crippen LogP) is 2.82. The van der Waals surface area contributed by atoms with Crippen molar-refractivity contribution in [2.45, 2.75) is 26.3 Å². The van der Waals surface area contributed by atoms with Gasteiger partial charge in [-0.15, -0.1) is 11.3 Å². The summed E-state index contributed by atoms with van der Waals surface area (Å²) < 4.78 is 1.30. The summed E-state index contributed by atoms with van der Waals surface area (Å²) in [6.07, 6.45) is 2.74. The van der Waals surface area contributed by atoms with Crippen molar-refractivity contribution in [1.29, 1.82) is 0 Å². The van der Waals surface area contributed by atoms with Crippen molar-refractivity contribution in [3.63, 3.8) is 0 Å². The van der Waals surface area contributed by atoms with E-state index in [-0.39, 0.29) is 6.04 Å². The van der Waals surface area contributed by atoms with Crippen LogP contribution in [0.25, 0.3) is 10.1 Å². The standard InChI is InChI=1S/C12H16N2S/c1-8(2)10(13)7-11-9-4-6-15-12(9)3-5-14-11/h3-6,8,10H,7,13H2,1-2H3. The Hall–Kier alpha value is -0.930. The van der Waals surface area contributed by atoms with Gasteiger partial charge < -0.3 is 5.73 Å². The Bertz CT molecular complexity index is 448. The van der Waals surface area contributed by atoms with Crippen molar-refractivity contribution in [3.8, 4) is 0 Å². The zero-order chi connectivity index (χ0) is 10.8. The monoisotopic (exact) mass is 220 g/mol. The molecule has 15 heavy (non-hydrogen) atoms. The van der Waals surface area contributed by atoms with Crippen LogP contribution in [0.4, 0.5) is 0 Å². The highest BCUT2D eigenvalue weighted by Gasteiger charge is 2.11. The number of hydrogen-bond acceptors (Lipinski definition) is 3. The van der Waals surface area contributed by atoms with Crippen LogP contribution in [0.1, 0.15) is 19.5 Å². The topological polar surface area (TPSA) is 38.9 Å². The average molecular weight is 220 g/mol. The molecular formula is C12H16N2S. The predicted molar refractivity (Wildman–Crippen MR) is 66.1 cm³/mol. The maximum absolute atomic E-state index is 6.07. The van der Waals surface area contributed by atoms with Gasteiger partial charge in [0.2, 0.25) is 0 Å². The lowest BCUT2D eigenvalue weighted by molar-refractivity contribution is 0.488. The first-order valence-corrected chi connectivity index (χ1v) is 6.13. The van der Waals surface area contributed by atoms with E-state index in [1.165, 1.54) is 10.1 Å². The van der Waals surface area contributed by atoms with Gasteiger partial charge in [-0.2, -0.15) is 0 Å². The summed E-state index contributed by atoms with van der Waals surface area (Å²) in [4.78, 5) is 4.43. The number of thiophene rings is 1. The lowest BCUT2D eigenvalue weighted by atomic mass is 9.99. The molecule has 1 unspecified atom stereocenters. The van der Waals surface area contributed by atoms with Gasteiger partial charge in [-0.25, -0.2) is 0 Å². The van der Waals surface area contributed by atoms with Gasteiger partial charge in [-0.3, -0.25) is 4.98 Å². The second-order valence-electron chi connectivity index (χ2n) is 4.20. The van der Waals surface area contributed by atoms with Crippen LogP contribution in [0.3, 0.4) is 0 Å². The van der Waals surface area contributed by atoms with Crippen LogP contribution in [0.2, 0.25) is 0 Å². The molecule has 0 spiro atoms. The smallest absolute Gasteiger partial charge is 0.0505 e. The minimum absolute atomic E-state index is 0.197. The third-order valence-electron chi connectivity index (χ3n) is 2.75. The molecule has 0 bridgehead atoms. The molecule has 0 fully saturated rings. The number of rotatable bonds is 3. The average Bonchev–Trinajstić information content (AvgIpc) is 2.66. The van der Waals surface area contributed by atoms with E-state index in [4.69, 9.17) is 5.73 Å². The summed E-state index contributed by atoms with van der Waals surface area (Å²) in [5.74, 6) is 0.501.